The van der Waals surface area contributed by atoms with Gasteiger partial charge < -0.3 is 10.2 Å². The topological polar surface area (TPSA) is 15.3 Å². The van der Waals surface area contributed by atoms with Crippen LogP contribution in [-0.2, 0) is 0 Å². The van der Waals surface area contributed by atoms with Crippen molar-refractivity contribution in [1.29, 1.82) is 0 Å². The summed E-state index contributed by atoms with van der Waals surface area (Å²) in [5.41, 5.74) is 18.8. The van der Waals surface area contributed by atoms with Crippen molar-refractivity contribution in [2.45, 2.75) is 53.9 Å². The first-order chi connectivity index (χ1) is 33.3. The third-order valence-corrected chi connectivity index (χ3v) is 11.8. The van der Waals surface area contributed by atoms with Crippen LogP contribution in [0.1, 0.15) is 81.7 Å². The van der Waals surface area contributed by atoms with Crippen LogP contribution in [0.25, 0.3) is 27.9 Å². The number of rotatable bonds is 20. The Morgan fingerprint density at radius 1 is 0.618 bits per heavy atom. The molecule has 0 fully saturated rings. The van der Waals surface area contributed by atoms with E-state index >= 15 is 0 Å². The fourth-order valence-electron chi connectivity index (χ4n) is 8.05. The van der Waals surface area contributed by atoms with Crippen LogP contribution in [0.5, 0.6) is 0 Å². The van der Waals surface area contributed by atoms with Gasteiger partial charge in [-0.3, -0.25) is 0 Å². The lowest BCUT2D eigenvalue weighted by atomic mass is 9.94. The van der Waals surface area contributed by atoms with Gasteiger partial charge in [-0.1, -0.05) is 185 Å². The van der Waals surface area contributed by atoms with Gasteiger partial charge in [0.1, 0.15) is 0 Å². The minimum absolute atomic E-state index is 0.925. The molecule has 0 spiro atoms. The molecule has 0 unspecified atom stereocenters. The first-order valence-corrected chi connectivity index (χ1v) is 23.8. The van der Waals surface area contributed by atoms with Gasteiger partial charge in [-0.15, -0.1) is 0 Å². The molecule has 68 heavy (non-hydrogen) atoms. The minimum atomic E-state index is 0.925. The lowest BCUT2D eigenvalue weighted by Gasteiger charge is -2.26. The normalized spacial score (nSPS) is 14.1. The van der Waals surface area contributed by atoms with Crippen LogP contribution < -0.4 is 10.2 Å². The van der Waals surface area contributed by atoms with E-state index in [0.29, 0.717) is 0 Å². The average Bonchev–Trinajstić information content (AvgIpc) is 3.68. The van der Waals surface area contributed by atoms with E-state index in [2.05, 4.69) is 271 Å². The molecule has 1 N–H and O–H groups in total. The molecular formula is C66H66N2. The lowest BCUT2D eigenvalue weighted by molar-refractivity contribution is 0.960. The number of nitrogens with one attached hydrogen (secondary N) is 1. The second-order valence-corrected chi connectivity index (χ2v) is 16.4. The van der Waals surface area contributed by atoms with Gasteiger partial charge >= 0.3 is 0 Å². The Hall–Kier alpha value is -7.94. The quantitative estimate of drug-likeness (QED) is 0.0784. The maximum Gasteiger partial charge on any atom is 0.0462 e. The number of para-hydroxylation sites is 1. The summed E-state index contributed by atoms with van der Waals surface area (Å²) in [6.45, 7) is 23.1. The zero-order valence-corrected chi connectivity index (χ0v) is 40.6. The van der Waals surface area contributed by atoms with Gasteiger partial charge in [-0.25, -0.2) is 0 Å². The van der Waals surface area contributed by atoms with E-state index in [-0.39, 0.29) is 0 Å². The monoisotopic (exact) mass is 887 g/mol. The molecule has 6 rings (SSSR count). The van der Waals surface area contributed by atoms with Crippen molar-refractivity contribution in [3.63, 3.8) is 0 Å². The fourth-order valence-corrected chi connectivity index (χ4v) is 8.05. The Kier molecular flexibility index (Phi) is 18.7. The smallest absolute Gasteiger partial charge is 0.0462 e. The number of unbranched alkanes of at least 4 members (excludes halogenated alkanes) is 1. The Labute approximate surface area is 407 Å². The van der Waals surface area contributed by atoms with Crippen molar-refractivity contribution in [1.82, 2.24) is 0 Å². The summed E-state index contributed by atoms with van der Waals surface area (Å²) in [6, 6.07) is 45.1. The van der Waals surface area contributed by atoms with Gasteiger partial charge in [0, 0.05) is 28.4 Å². The number of benzene rings is 5. The van der Waals surface area contributed by atoms with Crippen LogP contribution >= 0.6 is 0 Å². The van der Waals surface area contributed by atoms with Crippen molar-refractivity contribution in [3.8, 4) is 0 Å². The van der Waals surface area contributed by atoms with Gasteiger partial charge in [0.2, 0.25) is 0 Å². The number of anilines is 4. The van der Waals surface area contributed by atoms with Gasteiger partial charge in [0.15, 0.2) is 0 Å². The molecule has 0 saturated carbocycles. The first-order valence-electron chi connectivity index (χ1n) is 23.8. The van der Waals surface area contributed by atoms with Gasteiger partial charge in [0.05, 0.1) is 0 Å². The predicted molar refractivity (Wildman–Crippen MR) is 302 cm³/mol. The molecule has 0 aliphatic heterocycles. The second-order valence-electron chi connectivity index (χ2n) is 16.4. The minimum Gasteiger partial charge on any atom is -0.356 e. The highest BCUT2D eigenvalue weighted by atomic mass is 15.1. The Balaban J connectivity index is 1.22. The summed E-state index contributed by atoms with van der Waals surface area (Å²) in [4.78, 5) is 2.25. The average molecular weight is 887 g/mol. The SMILES string of the molecule is C=C/C(=C\CCC)c1ccc(Nc2ccc(C(/C=C(\C=C)c3cccc(C(/C=C(\C=C/C)C(/C)=C/C=C(\C=C)N(c4ccccc4)c4ccc(C5=CCC=CC=C5)cc4)=C/C)c3)=C/C)cc2)cc1. The van der Waals surface area contributed by atoms with Gasteiger partial charge in [-0.2, -0.15) is 0 Å². The van der Waals surface area contributed by atoms with E-state index in [0.717, 1.165) is 92.3 Å². The largest absolute Gasteiger partial charge is 0.356 e. The molecule has 0 radical (unpaired) electrons. The summed E-state index contributed by atoms with van der Waals surface area (Å²) >= 11 is 0. The Bertz CT molecular complexity index is 2870. The molecule has 1 aliphatic carbocycles. The molecule has 2 heteroatoms. The number of hydrogen-bond acceptors (Lipinski definition) is 2. The highest BCUT2D eigenvalue weighted by molar-refractivity contribution is 5.89. The van der Waals surface area contributed by atoms with Crippen molar-refractivity contribution in [2.75, 3.05) is 10.2 Å². The number of nitrogens with zero attached hydrogens (tertiary/aromatic N) is 1. The summed E-state index contributed by atoms with van der Waals surface area (Å²) in [6.07, 6.45) is 39.4. The third kappa shape index (κ3) is 13.3. The van der Waals surface area contributed by atoms with Crippen LogP contribution in [-0.4, -0.2) is 0 Å². The highest BCUT2D eigenvalue weighted by Crippen LogP contribution is 2.33. The molecule has 2 nitrogen and oxygen atoms in total. The van der Waals surface area contributed by atoms with Crippen LogP contribution in [0.2, 0.25) is 0 Å². The van der Waals surface area contributed by atoms with E-state index in [4.69, 9.17) is 0 Å². The van der Waals surface area contributed by atoms with Crippen LogP contribution in [0, 0.1) is 0 Å². The Morgan fingerprint density at radius 3 is 1.84 bits per heavy atom. The van der Waals surface area contributed by atoms with Crippen LogP contribution in [0.4, 0.5) is 22.7 Å². The molecule has 340 valence electrons. The summed E-state index contributed by atoms with van der Waals surface area (Å²) in [5, 5.41) is 3.56. The maximum absolute atomic E-state index is 4.27. The molecule has 0 aromatic heterocycles. The molecule has 0 heterocycles. The molecule has 1 aliphatic rings. The summed E-state index contributed by atoms with van der Waals surface area (Å²) < 4.78 is 0. The Morgan fingerprint density at radius 2 is 1.24 bits per heavy atom. The zero-order valence-electron chi connectivity index (χ0n) is 40.6. The molecule has 0 atom stereocenters. The van der Waals surface area contributed by atoms with Gasteiger partial charge in [-0.05, 0) is 186 Å². The molecule has 0 amide bonds. The van der Waals surface area contributed by atoms with Crippen molar-refractivity contribution < 1.29 is 0 Å². The number of hydrogen-bond donors (Lipinski definition) is 1. The highest BCUT2D eigenvalue weighted by Gasteiger charge is 2.14. The van der Waals surface area contributed by atoms with Gasteiger partial charge in [0.25, 0.3) is 0 Å². The summed E-state index contributed by atoms with van der Waals surface area (Å²) in [5.74, 6) is 0. The molecule has 5 aromatic rings. The first kappa shape index (κ1) is 49.5. The molecule has 0 saturated heterocycles. The predicted octanol–water partition coefficient (Wildman–Crippen LogP) is 19.1. The lowest BCUT2D eigenvalue weighted by Crippen LogP contribution is -2.15. The van der Waals surface area contributed by atoms with Crippen LogP contribution in [0.15, 0.2) is 267 Å². The molecule has 0 bridgehead atoms. The fraction of sp³-hybridized carbons (Fsp3) is 0.121. The van der Waals surface area contributed by atoms with Crippen molar-refractivity contribution in [2.24, 2.45) is 0 Å². The van der Waals surface area contributed by atoms with Crippen molar-refractivity contribution >= 4 is 50.6 Å². The van der Waals surface area contributed by atoms with E-state index in [9.17, 15) is 0 Å². The standard InChI is InChI=1S/C66H66N2/c1-9-16-26-51(11-3)56-34-40-62(41-35-56)67-63-42-36-57(37-43-63)52(12-4)47-53(13-5)60-29-24-30-61(49-60)54(14-6)48-59(25-10-2)50(8)33-44-64(15-7)68(65-31-22-19-23-32-65)66-45-38-58(39-46-66)55-27-20-17-18-21-28-55/h10-15,17-20,22-49,67H,3,5,7,9,16,21H2,1-2,4,6,8H3/b25-10-,50-33+,51-26+,52-12+,53-47+,54-14+,59-48+,64-44+. The van der Waals surface area contributed by atoms with E-state index < -0.39 is 0 Å². The zero-order chi connectivity index (χ0) is 48.1. The van der Waals surface area contributed by atoms with Crippen molar-refractivity contribution in [3.05, 3.63) is 295 Å². The van der Waals surface area contributed by atoms with E-state index in [1.165, 1.54) is 22.3 Å². The van der Waals surface area contributed by atoms with E-state index in [1.807, 2.05) is 24.3 Å². The van der Waals surface area contributed by atoms with E-state index in [1.54, 1.807) is 0 Å². The van der Waals surface area contributed by atoms with Crippen LogP contribution in [0.3, 0.4) is 0 Å². The second kappa shape index (κ2) is 25.7. The third-order valence-electron chi connectivity index (χ3n) is 11.8. The number of allylic oxidation sites excluding steroid dienone is 24. The summed E-state index contributed by atoms with van der Waals surface area (Å²) in [7, 11) is 0. The maximum atomic E-state index is 4.27. The molecular weight excluding hydrogens is 821 g/mol. The molecule has 5 aromatic carbocycles.